The minimum absolute atomic E-state index is 0.0310. The maximum absolute atomic E-state index is 10.6. The molecule has 0 aliphatic heterocycles. The highest BCUT2D eigenvalue weighted by atomic mass is 35.5. The average Bonchev–Trinajstić information content (AvgIpc) is 2.04. The zero-order valence-electron chi connectivity index (χ0n) is 6.21. The molecular weight excluding hydrogens is 217 g/mol. The van der Waals surface area contributed by atoms with E-state index in [1.807, 2.05) is 0 Å². The molecule has 0 bridgehead atoms. The van der Waals surface area contributed by atoms with E-state index in [0.29, 0.717) is 0 Å². The van der Waals surface area contributed by atoms with Gasteiger partial charge in [0.15, 0.2) is 5.82 Å². The number of halogens is 2. The van der Waals surface area contributed by atoms with Crippen LogP contribution in [0.5, 0.6) is 0 Å². The lowest BCUT2D eigenvalue weighted by Crippen LogP contribution is -2.11. The topological polar surface area (TPSA) is 88.2 Å². The Morgan fingerprint density at radius 1 is 1.62 bits per heavy atom. The molecule has 1 rings (SSSR count). The third-order valence-corrected chi connectivity index (χ3v) is 1.98. The molecule has 0 aliphatic rings. The minimum atomic E-state index is -1.23. The molecule has 1 heterocycles. The molecule has 5 nitrogen and oxygen atoms in total. The molecule has 70 valence electrons. The first-order chi connectivity index (χ1) is 6.07. The van der Waals surface area contributed by atoms with E-state index in [-0.39, 0.29) is 21.4 Å². The van der Waals surface area contributed by atoms with Crippen molar-refractivity contribution in [2.75, 3.05) is 5.43 Å². The van der Waals surface area contributed by atoms with Crippen LogP contribution >= 0.6 is 23.2 Å². The molecule has 0 fully saturated rings. The van der Waals surface area contributed by atoms with E-state index in [1.165, 1.54) is 0 Å². The predicted molar refractivity (Wildman–Crippen MR) is 49.0 cm³/mol. The lowest BCUT2D eigenvalue weighted by atomic mass is 10.2. The SMILES string of the molecule is NNc1ncc(Cl)c(C(=O)O)c1Cl. The largest absolute Gasteiger partial charge is 0.478 e. The highest BCUT2D eigenvalue weighted by Gasteiger charge is 2.17. The van der Waals surface area contributed by atoms with Crippen LogP contribution < -0.4 is 11.3 Å². The summed E-state index contributed by atoms with van der Waals surface area (Å²) in [4.78, 5) is 14.3. The van der Waals surface area contributed by atoms with Crippen molar-refractivity contribution >= 4 is 35.0 Å². The van der Waals surface area contributed by atoms with Crippen LogP contribution in [0.1, 0.15) is 10.4 Å². The fraction of sp³-hybridized carbons (Fsp3) is 0. The summed E-state index contributed by atoms with van der Waals surface area (Å²) in [5.41, 5.74) is 1.94. The molecule has 1 aromatic rings. The van der Waals surface area contributed by atoms with Gasteiger partial charge < -0.3 is 10.5 Å². The van der Waals surface area contributed by atoms with E-state index in [2.05, 4.69) is 10.4 Å². The molecule has 0 atom stereocenters. The summed E-state index contributed by atoms with van der Waals surface area (Å²) in [6.45, 7) is 0. The number of aromatic nitrogens is 1. The standard InChI is InChI=1S/C6H5Cl2N3O2/c7-2-1-10-5(11-9)4(8)3(2)6(12)13/h1H,9H2,(H,10,11)(H,12,13). The van der Waals surface area contributed by atoms with Crippen molar-refractivity contribution in [3.8, 4) is 0 Å². The van der Waals surface area contributed by atoms with E-state index in [0.717, 1.165) is 6.20 Å². The Kier molecular flexibility index (Phi) is 2.92. The van der Waals surface area contributed by atoms with Crippen LogP contribution in [-0.2, 0) is 0 Å². The number of nitrogens with two attached hydrogens (primary N) is 1. The van der Waals surface area contributed by atoms with Crippen LogP contribution in [0, 0.1) is 0 Å². The van der Waals surface area contributed by atoms with Crippen molar-refractivity contribution in [2.45, 2.75) is 0 Å². The summed E-state index contributed by atoms with van der Waals surface area (Å²) in [6.07, 6.45) is 1.16. The summed E-state index contributed by atoms with van der Waals surface area (Å²) < 4.78 is 0. The van der Waals surface area contributed by atoms with E-state index < -0.39 is 5.97 Å². The van der Waals surface area contributed by atoms with Gasteiger partial charge in [-0.05, 0) is 0 Å². The summed E-state index contributed by atoms with van der Waals surface area (Å²) >= 11 is 11.2. The molecule has 7 heteroatoms. The van der Waals surface area contributed by atoms with E-state index in [1.54, 1.807) is 0 Å². The highest BCUT2D eigenvalue weighted by molar-refractivity contribution is 6.40. The second kappa shape index (κ2) is 3.78. The molecule has 0 saturated heterocycles. The van der Waals surface area contributed by atoms with Crippen molar-refractivity contribution in [1.82, 2.24) is 4.98 Å². The molecule has 0 aliphatic carbocycles. The van der Waals surface area contributed by atoms with Crippen LogP contribution in [0.4, 0.5) is 5.82 Å². The van der Waals surface area contributed by atoms with Crippen LogP contribution in [0.25, 0.3) is 0 Å². The summed E-state index contributed by atoms with van der Waals surface area (Å²) in [5.74, 6) is 3.88. The quantitative estimate of drug-likeness (QED) is 0.519. The smallest absolute Gasteiger partial charge is 0.338 e. The Morgan fingerprint density at radius 3 is 2.69 bits per heavy atom. The number of nitrogens with zero attached hydrogens (tertiary/aromatic N) is 1. The Morgan fingerprint density at radius 2 is 2.23 bits per heavy atom. The number of hydrogen-bond acceptors (Lipinski definition) is 4. The number of carboxylic acid groups (broad SMARTS) is 1. The van der Waals surface area contributed by atoms with Crippen molar-refractivity contribution < 1.29 is 9.90 Å². The second-order valence-electron chi connectivity index (χ2n) is 2.09. The van der Waals surface area contributed by atoms with Crippen LogP contribution in [-0.4, -0.2) is 16.1 Å². The van der Waals surface area contributed by atoms with Crippen molar-refractivity contribution in [1.29, 1.82) is 0 Å². The molecule has 1 aromatic heterocycles. The maximum Gasteiger partial charge on any atom is 0.338 e. The van der Waals surface area contributed by atoms with Gasteiger partial charge in [0.25, 0.3) is 0 Å². The number of aromatic carboxylic acids is 1. The summed E-state index contributed by atoms with van der Waals surface area (Å²) in [5, 5.41) is 8.56. The molecule has 0 unspecified atom stereocenters. The minimum Gasteiger partial charge on any atom is -0.478 e. The fourth-order valence-corrected chi connectivity index (χ4v) is 1.32. The zero-order valence-corrected chi connectivity index (χ0v) is 7.73. The Balaban J connectivity index is 3.38. The molecular formula is C6H5Cl2N3O2. The third-order valence-electron chi connectivity index (χ3n) is 1.32. The maximum atomic E-state index is 10.6. The van der Waals surface area contributed by atoms with Gasteiger partial charge in [-0.15, -0.1) is 0 Å². The number of anilines is 1. The van der Waals surface area contributed by atoms with Gasteiger partial charge in [0.05, 0.1) is 5.02 Å². The van der Waals surface area contributed by atoms with Gasteiger partial charge in [-0.1, -0.05) is 23.2 Å². The van der Waals surface area contributed by atoms with Gasteiger partial charge in [0.2, 0.25) is 0 Å². The molecule has 0 spiro atoms. The molecule has 4 N–H and O–H groups in total. The van der Waals surface area contributed by atoms with E-state index >= 15 is 0 Å². The Labute approximate surface area is 83.4 Å². The Bertz CT molecular complexity index is 356. The van der Waals surface area contributed by atoms with Gasteiger partial charge in [-0.2, -0.15) is 0 Å². The first kappa shape index (κ1) is 10.0. The second-order valence-corrected chi connectivity index (χ2v) is 2.88. The number of pyridine rings is 1. The molecule has 13 heavy (non-hydrogen) atoms. The van der Waals surface area contributed by atoms with E-state index in [9.17, 15) is 4.79 Å². The molecule has 0 aromatic carbocycles. The normalized spacial score (nSPS) is 9.77. The number of hydrazine groups is 1. The van der Waals surface area contributed by atoms with Gasteiger partial charge in [0, 0.05) is 6.20 Å². The predicted octanol–water partition coefficient (Wildman–Crippen LogP) is 1.37. The Hall–Kier alpha value is -1.04. The molecule has 0 saturated carbocycles. The lowest BCUT2D eigenvalue weighted by Gasteiger charge is -2.05. The van der Waals surface area contributed by atoms with Gasteiger partial charge in [-0.3, -0.25) is 0 Å². The number of carbonyl (C=O) groups is 1. The number of rotatable bonds is 2. The number of hydrogen-bond donors (Lipinski definition) is 3. The molecule has 0 radical (unpaired) electrons. The third kappa shape index (κ3) is 1.82. The van der Waals surface area contributed by atoms with Gasteiger partial charge in [-0.25, -0.2) is 15.6 Å². The van der Waals surface area contributed by atoms with Crippen LogP contribution in [0.3, 0.4) is 0 Å². The van der Waals surface area contributed by atoms with Gasteiger partial charge in [0.1, 0.15) is 10.6 Å². The molecule has 0 amide bonds. The zero-order chi connectivity index (χ0) is 10.0. The fourth-order valence-electron chi connectivity index (χ4n) is 0.762. The van der Waals surface area contributed by atoms with Gasteiger partial charge >= 0.3 is 5.97 Å². The van der Waals surface area contributed by atoms with Crippen LogP contribution in [0.2, 0.25) is 10.0 Å². The highest BCUT2D eigenvalue weighted by Crippen LogP contribution is 2.28. The first-order valence-corrected chi connectivity index (χ1v) is 3.87. The number of carboxylic acids is 1. The summed E-state index contributed by atoms with van der Waals surface area (Å²) in [6, 6.07) is 0. The van der Waals surface area contributed by atoms with Crippen LogP contribution in [0.15, 0.2) is 6.20 Å². The summed E-state index contributed by atoms with van der Waals surface area (Å²) in [7, 11) is 0. The van der Waals surface area contributed by atoms with Crippen molar-refractivity contribution in [3.05, 3.63) is 21.8 Å². The van der Waals surface area contributed by atoms with E-state index in [4.69, 9.17) is 34.2 Å². The van der Waals surface area contributed by atoms with Crippen molar-refractivity contribution in [2.24, 2.45) is 5.84 Å². The monoisotopic (exact) mass is 221 g/mol. The average molecular weight is 222 g/mol. The number of nitrogen functional groups attached to an aromatic ring is 1. The first-order valence-electron chi connectivity index (χ1n) is 3.11. The van der Waals surface area contributed by atoms with Crippen molar-refractivity contribution in [3.63, 3.8) is 0 Å². The number of nitrogens with one attached hydrogen (secondary N) is 1. The lowest BCUT2D eigenvalue weighted by molar-refractivity contribution is 0.0697.